The van der Waals surface area contributed by atoms with Gasteiger partial charge in [-0.05, 0) is 44.0 Å². The molecule has 1 aromatic rings. The fourth-order valence-electron chi connectivity index (χ4n) is 2.85. The fourth-order valence-corrected chi connectivity index (χ4v) is 2.85. The number of carbonyl (C=O) groups excluding carboxylic acids is 1. The van der Waals surface area contributed by atoms with E-state index in [2.05, 4.69) is 11.8 Å². The summed E-state index contributed by atoms with van der Waals surface area (Å²) in [5.41, 5.74) is -0.0120. The van der Waals surface area contributed by atoms with Crippen LogP contribution in [-0.2, 0) is 0 Å². The minimum absolute atomic E-state index is 0.0120. The summed E-state index contributed by atoms with van der Waals surface area (Å²) < 4.78 is 26.4. The van der Waals surface area contributed by atoms with Crippen molar-refractivity contribution in [1.29, 1.82) is 0 Å². The van der Waals surface area contributed by atoms with Crippen molar-refractivity contribution in [2.45, 2.75) is 32.6 Å². The van der Waals surface area contributed by atoms with Crippen LogP contribution in [0.25, 0.3) is 0 Å². The van der Waals surface area contributed by atoms with Gasteiger partial charge in [0.05, 0.1) is 12.1 Å². The first-order valence-corrected chi connectivity index (χ1v) is 7.30. The summed E-state index contributed by atoms with van der Waals surface area (Å²) in [5.74, 6) is -0.930. The Labute approximate surface area is 118 Å². The molecule has 0 unspecified atom stereocenters. The second-order valence-electron chi connectivity index (χ2n) is 5.56. The quantitative estimate of drug-likeness (QED) is 0.768. The van der Waals surface area contributed by atoms with Gasteiger partial charge in [-0.15, -0.1) is 0 Å². The predicted molar refractivity (Wildman–Crippen MR) is 74.8 cm³/mol. The topological polar surface area (TPSA) is 20.3 Å². The molecular formula is C16H21F2NO. The molecule has 1 heterocycles. The zero-order chi connectivity index (χ0) is 14.5. The van der Waals surface area contributed by atoms with Gasteiger partial charge in [0.2, 0.25) is 0 Å². The van der Waals surface area contributed by atoms with E-state index in [1.54, 1.807) is 0 Å². The number of hydrogen-bond donors (Lipinski definition) is 0. The smallest absolute Gasteiger partial charge is 0.179 e. The van der Waals surface area contributed by atoms with Gasteiger partial charge in [-0.2, -0.15) is 0 Å². The van der Waals surface area contributed by atoms with E-state index in [1.165, 1.54) is 18.9 Å². The number of rotatable bonds is 5. The molecule has 0 spiro atoms. The van der Waals surface area contributed by atoms with Crippen molar-refractivity contribution in [3.63, 3.8) is 0 Å². The molecule has 0 saturated carbocycles. The van der Waals surface area contributed by atoms with Crippen molar-refractivity contribution in [3.8, 4) is 0 Å². The Morgan fingerprint density at radius 3 is 2.60 bits per heavy atom. The average molecular weight is 281 g/mol. The van der Waals surface area contributed by atoms with Crippen molar-refractivity contribution in [2.75, 3.05) is 19.6 Å². The summed E-state index contributed by atoms with van der Waals surface area (Å²) in [6, 6.07) is 3.13. The summed E-state index contributed by atoms with van der Waals surface area (Å²) in [5, 5.41) is 0. The maximum Gasteiger partial charge on any atom is 0.179 e. The zero-order valence-electron chi connectivity index (χ0n) is 11.9. The molecule has 0 atom stereocenters. The molecule has 1 aliphatic heterocycles. The number of halogens is 2. The van der Waals surface area contributed by atoms with Gasteiger partial charge in [0.1, 0.15) is 11.6 Å². The zero-order valence-corrected chi connectivity index (χ0v) is 11.9. The van der Waals surface area contributed by atoms with E-state index in [0.717, 1.165) is 44.0 Å². The van der Waals surface area contributed by atoms with Crippen molar-refractivity contribution < 1.29 is 13.6 Å². The van der Waals surface area contributed by atoms with Crippen molar-refractivity contribution in [3.05, 3.63) is 35.4 Å². The molecule has 0 aliphatic carbocycles. The highest BCUT2D eigenvalue weighted by molar-refractivity contribution is 5.97. The van der Waals surface area contributed by atoms with Crippen molar-refractivity contribution in [2.24, 2.45) is 5.92 Å². The molecule has 2 rings (SSSR count). The first-order valence-electron chi connectivity index (χ1n) is 7.30. The van der Waals surface area contributed by atoms with E-state index < -0.39 is 11.6 Å². The molecule has 1 aliphatic rings. The molecule has 0 N–H and O–H groups in total. The third-order valence-electron chi connectivity index (χ3n) is 4.00. The SMILES string of the molecule is CCCC1CCN(CC(=O)c2ccc(F)cc2F)CC1. The Kier molecular flexibility index (Phi) is 5.24. The number of ketones is 1. The Morgan fingerprint density at radius 1 is 1.30 bits per heavy atom. The van der Waals surface area contributed by atoms with Gasteiger partial charge >= 0.3 is 0 Å². The van der Waals surface area contributed by atoms with E-state index in [9.17, 15) is 13.6 Å². The van der Waals surface area contributed by atoms with Crippen LogP contribution in [0.3, 0.4) is 0 Å². The van der Waals surface area contributed by atoms with Crippen molar-refractivity contribution >= 4 is 5.78 Å². The van der Waals surface area contributed by atoms with Crippen LogP contribution in [-0.4, -0.2) is 30.3 Å². The van der Waals surface area contributed by atoms with E-state index in [4.69, 9.17) is 0 Å². The molecule has 110 valence electrons. The predicted octanol–water partition coefficient (Wildman–Crippen LogP) is 3.66. The Bertz CT molecular complexity index is 468. The Morgan fingerprint density at radius 2 is 2.00 bits per heavy atom. The third-order valence-corrected chi connectivity index (χ3v) is 4.00. The summed E-state index contributed by atoms with van der Waals surface area (Å²) in [6.07, 6.45) is 4.65. The fraction of sp³-hybridized carbons (Fsp3) is 0.562. The van der Waals surface area contributed by atoms with Gasteiger partial charge in [-0.25, -0.2) is 8.78 Å². The van der Waals surface area contributed by atoms with Crippen LogP contribution >= 0.6 is 0 Å². The number of Topliss-reactive ketones (excluding diaryl/α,β-unsaturated/α-hetero) is 1. The molecule has 20 heavy (non-hydrogen) atoms. The van der Waals surface area contributed by atoms with Gasteiger partial charge in [0.15, 0.2) is 5.78 Å². The number of nitrogens with zero attached hydrogens (tertiary/aromatic N) is 1. The molecule has 0 radical (unpaired) electrons. The lowest BCUT2D eigenvalue weighted by atomic mass is 9.92. The maximum atomic E-state index is 13.5. The molecule has 1 saturated heterocycles. The lowest BCUT2D eigenvalue weighted by Crippen LogP contribution is -2.37. The van der Waals surface area contributed by atoms with Crippen LogP contribution in [0.15, 0.2) is 18.2 Å². The van der Waals surface area contributed by atoms with Crippen LogP contribution in [0.5, 0.6) is 0 Å². The molecule has 1 fully saturated rings. The van der Waals surface area contributed by atoms with Gasteiger partial charge in [-0.1, -0.05) is 19.8 Å². The first kappa shape index (κ1) is 15.1. The summed E-state index contributed by atoms with van der Waals surface area (Å²) in [7, 11) is 0. The number of carbonyl (C=O) groups is 1. The van der Waals surface area contributed by atoms with Crippen molar-refractivity contribution in [1.82, 2.24) is 4.90 Å². The van der Waals surface area contributed by atoms with E-state index in [1.807, 2.05) is 0 Å². The Balaban J connectivity index is 1.89. The Hall–Kier alpha value is -1.29. The second-order valence-corrected chi connectivity index (χ2v) is 5.56. The normalized spacial score (nSPS) is 17.4. The van der Waals surface area contributed by atoms with Gasteiger partial charge < -0.3 is 0 Å². The van der Waals surface area contributed by atoms with Crippen LogP contribution in [0.2, 0.25) is 0 Å². The molecule has 2 nitrogen and oxygen atoms in total. The van der Waals surface area contributed by atoms with E-state index in [-0.39, 0.29) is 17.9 Å². The molecule has 0 amide bonds. The number of benzene rings is 1. The van der Waals surface area contributed by atoms with Gasteiger partial charge in [0.25, 0.3) is 0 Å². The minimum atomic E-state index is -0.768. The minimum Gasteiger partial charge on any atom is -0.296 e. The molecular weight excluding hydrogens is 260 g/mol. The van der Waals surface area contributed by atoms with E-state index in [0.29, 0.717) is 0 Å². The van der Waals surface area contributed by atoms with Crippen LogP contribution < -0.4 is 0 Å². The third kappa shape index (κ3) is 3.85. The van der Waals surface area contributed by atoms with Crippen LogP contribution in [0, 0.1) is 17.6 Å². The van der Waals surface area contributed by atoms with E-state index >= 15 is 0 Å². The largest absolute Gasteiger partial charge is 0.296 e. The highest BCUT2D eigenvalue weighted by Gasteiger charge is 2.21. The lowest BCUT2D eigenvalue weighted by molar-refractivity contribution is 0.0889. The van der Waals surface area contributed by atoms with Gasteiger partial charge in [0, 0.05) is 6.07 Å². The monoisotopic (exact) mass is 281 g/mol. The molecule has 0 bridgehead atoms. The average Bonchev–Trinajstić information content (AvgIpc) is 2.41. The van der Waals surface area contributed by atoms with Gasteiger partial charge in [-0.3, -0.25) is 9.69 Å². The summed E-state index contributed by atoms with van der Waals surface area (Å²) in [6.45, 7) is 4.19. The highest BCUT2D eigenvalue weighted by Crippen LogP contribution is 2.22. The summed E-state index contributed by atoms with van der Waals surface area (Å²) in [4.78, 5) is 14.1. The van der Waals surface area contributed by atoms with Crippen LogP contribution in [0.1, 0.15) is 43.0 Å². The van der Waals surface area contributed by atoms with Crippen LogP contribution in [0.4, 0.5) is 8.78 Å². The molecule has 0 aromatic heterocycles. The summed E-state index contributed by atoms with van der Waals surface area (Å²) >= 11 is 0. The lowest BCUT2D eigenvalue weighted by Gasteiger charge is -2.31. The maximum absolute atomic E-state index is 13.5. The molecule has 1 aromatic carbocycles. The standard InChI is InChI=1S/C16H21F2NO/c1-2-3-12-6-8-19(9-7-12)11-16(20)14-5-4-13(17)10-15(14)18/h4-5,10,12H,2-3,6-9,11H2,1H3. The number of piperidine rings is 1. The molecule has 4 heteroatoms. The number of hydrogen-bond acceptors (Lipinski definition) is 2. The first-order chi connectivity index (χ1) is 9.60. The second kappa shape index (κ2) is 6.93. The number of likely N-dealkylation sites (tertiary alicyclic amines) is 1. The highest BCUT2D eigenvalue weighted by atomic mass is 19.1.